The molecule has 3 nitrogen and oxygen atoms in total. The zero-order valence-corrected chi connectivity index (χ0v) is 15.2. The second-order valence-corrected chi connectivity index (χ2v) is 7.49. The van der Waals surface area contributed by atoms with E-state index in [1.165, 1.54) is 16.7 Å². The Bertz CT molecular complexity index is 1160. The summed E-state index contributed by atoms with van der Waals surface area (Å²) in [6, 6.07) is 12.3. The molecule has 1 aliphatic rings. The minimum atomic E-state index is -4.47. The highest BCUT2D eigenvalue weighted by atomic mass is 32.1. The largest absolute Gasteiger partial charge is 0.493 e. The van der Waals surface area contributed by atoms with Crippen LogP contribution in [0.1, 0.15) is 16.0 Å². The lowest BCUT2D eigenvalue weighted by Gasteiger charge is -2.10. The van der Waals surface area contributed by atoms with E-state index in [2.05, 4.69) is 4.99 Å². The van der Waals surface area contributed by atoms with Crippen molar-refractivity contribution in [3.05, 3.63) is 68.5 Å². The molecule has 8 heteroatoms. The van der Waals surface area contributed by atoms with E-state index in [-0.39, 0.29) is 15.5 Å². The highest BCUT2D eigenvalue weighted by molar-refractivity contribution is 7.73. The standard InChI is InChI=1S/C19H11F3N2OS2/c20-19(21,22)12-4-3-5-13(9-12)24-17(25)16(27-18(24)26)8-11-10-23-15-7-2-1-6-14(11)15/h1-10,25H/b11-8-. The van der Waals surface area contributed by atoms with E-state index in [0.717, 1.165) is 40.3 Å². The summed E-state index contributed by atoms with van der Waals surface area (Å²) in [6.45, 7) is 0. The third kappa shape index (κ3) is 3.22. The molecule has 1 aromatic heterocycles. The number of benzene rings is 2. The monoisotopic (exact) mass is 404 g/mol. The molecule has 0 aliphatic carbocycles. The lowest BCUT2D eigenvalue weighted by atomic mass is 10.1. The number of rotatable bonds is 2. The van der Waals surface area contributed by atoms with Crippen molar-refractivity contribution in [3.63, 3.8) is 0 Å². The number of alkyl halides is 3. The van der Waals surface area contributed by atoms with Crippen LogP contribution in [0.4, 0.5) is 18.9 Å². The number of aromatic hydroxyl groups is 1. The second-order valence-electron chi connectivity index (χ2n) is 5.81. The van der Waals surface area contributed by atoms with Crippen molar-refractivity contribution < 1.29 is 18.3 Å². The number of aromatic nitrogens is 1. The van der Waals surface area contributed by atoms with Crippen LogP contribution in [0.3, 0.4) is 0 Å². The summed E-state index contributed by atoms with van der Waals surface area (Å²) in [7, 11) is 0. The lowest BCUT2D eigenvalue weighted by molar-refractivity contribution is -0.137. The number of hydrogen-bond donors (Lipinski definition) is 1. The quantitative estimate of drug-likeness (QED) is 0.513. The van der Waals surface area contributed by atoms with Crippen molar-refractivity contribution in [2.75, 3.05) is 0 Å². The number of hydrogen-bond acceptors (Lipinski definition) is 4. The Morgan fingerprint density at radius 1 is 1.11 bits per heavy atom. The fraction of sp³-hybridized carbons (Fsp3) is 0.0526. The van der Waals surface area contributed by atoms with Gasteiger partial charge in [0.05, 0.1) is 21.8 Å². The van der Waals surface area contributed by atoms with E-state index in [1.54, 1.807) is 12.3 Å². The first-order valence-electron chi connectivity index (χ1n) is 7.82. The predicted molar refractivity (Wildman–Crippen MR) is 104 cm³/mol. The molecule has 1 aliphatic heterocycles. The average Bonchev–Trinajstić information content (AvgIpc) is 3.16. The van der Waals surface area contributed by atoms with E-state index < -0.39 is 11.7 Å². The number of aliphatic imine (C=N–C) groups is 1. The molecule has 136 valence electrons. The molecule has 0 unspecified atom stereocenters. The molecule has 0 radical (unpaired) electrons. The van der Waals surface area contributed by atoms with Gasteiger partial charge in [0.15, 0.2) is 3.95 Å². The molecule has 0 saturated heterocycles. The summed E-state index contributed by atoms with van der Waals surface area (Å²) >= 11 is 6.39. The van der Waals surface area contributed by atoms with Crippen molar-refractivity contribution in [1.82, 2.24) is 4.57 Å². The fourth-order valence-electron chi connectivity index (χ4n) is 2.82. The van der Waals surface area contributed by atoms with Crippen molar-refractivity contribution in [3.8, 4) is 11.6 Å². The van der Waals surface area contributed by atoms with Crippen LogP contribution >= 0.6 is 23.6 Å². The first kappa shape index (κ1) is 17.7. The van der Waals surface area contributed by atoms with Crippen molar-refractivity contribution in [1.29, 1.82) is 0 Å². The topological polar surface area (TPSA) is 37.5 Å². The fourth-order valence-corrected chi connectivity index (χ4v) is 4.12. The number of nitrogens with zero attached hydrogens (tertiary/aromatic N) is 2. The van der Waals surface area contributed by atoms with Gasteiger partial charge in [-0.05, 0) is 42.6 Å². The van der Waals surface area contributed by atoms with Gasteiger partial charge in [-0.15, -0.1) is 11.3 Å². The maximum Gasteiger partial charge on any atom is 0.416 e. The third-order valence-electron chi connectivity index (χ3n) is 4.09. The minimum Gasteiger partial charge on any atom is -0.493 e. The van der Waals surface area contributed by atoms with Crippen LogP contribution in [0.15, 0.2) is 53.5 Å². The molecule has 0 amide bonds. The highest BCUT2D eigenvalue weighted by Crippen LogP contribution is 2.37. The van der Waals surface area contributed by atoms with Crippen LogP contribution < -0.4 is 0 Å². The Morgan fingerprint density at radius 2 is 1.89 bits per heavy atom. The maximum atomic E-state index is 13.0. The Labute approximate surface area is 161 Å². The summed E-state index contributed by atoms with van der Waals surface area (Å²) in [4.78, 5) is 4.76. The van der Waals surface area contributed by atoms with Gasteiger partial charge in [0.2, 0.25) is 5.88 Å². The van der Waals surface area contributed by atoms with Crippen LogP contribution in [0.25, 0.3) is 17.3 Å². The van der Waals surface area contributed by atoms with E-state index in [1.807, 2.05) is 24.3 Å². The van der Waals surface area contributed by atoms with Gasteiger partial charge in [-0.3, -0.25) is 9.56 Å². The van der Waals surface area contributed by atoms with Crippen LogP contribution in [-0.4, -0.2) is 15.9 Å². The minimum absolute atomic E-state index is 0.161. The molecular formula is C19H11F3N2OS2. The van der Waals surface area contributed by atoms with Gasteiger partial charge in [0.1, 0.15) is 0 Å². The molecule has 0 saturated carbocycles. The van der Waals surface area contributed by atoms with Gasteiger partial charge in [0, 0.05) is 17.4 Å². The van der Waals surface area contributed by atoms with Gasteiger partial charge in [-0.2, -0.15) is 13.2 Å². The lowest BCUT2D eigenvalue weighted by Crippen LogP contribution is -2.06. The third-order valence-corrected chi connectivity index (χ3v) is 5.40. The number of fused-ring (bicyclic) bond motifs is 1. The van der Waals surface area contributed by atoms with E-state index >= 15 is 0 Å². The van der Waals surface area contributed by atoms with Gasteiger partial charge < -0.3 is 5.11 Å². The Balaban J connectivity index is 1.80. The van der Waals surface area contributed by atoms with Crippen LogP contribution in [-0.2, 0) is 6.18 Å². The Hall–Kier alpha value is -2.71. The second kappa shape index (κ2) is 6.47. The smallest absolute Gasteiger partial charge is 0.416 e. The molecule has 0 bridgehead atoms. The molecule has 2 aromatic carbocycles. The number of para-hydroxylation sites is 1. The van der Waals surface area contributed by atoms with E-state index in [9.17, 15) is 18.3 Å². The molecular weight excluding hydrogens is 393 g/mol. The van der Waals surface area contributed by atoms with Crippen molar-refractivity contribution in [2.45, 2.75) is 6.18 Å². The van der Waals surface area contributed by atoms with Crippen LogP contribution in [0.2, 0.25) is 0 Å². The molecule has 4 rings (SSSR count). The molecule has 27 heavy (non-hydrogen) atoms. The SMILES string of the molecule is Oc1c(/C=C2/C=Nc3ccccc32)sc(=S)n1-c1cccc(C(F)(F)F)c1. The number of halogens is 3. The van der Waals surface area contributed by atoms with Crippen molar-refractivity contribution >= 4 is 47.1 Å². The normalized spacial score (nSPS) is 14.7. The summed E-state index contributed by atoms with van der Waals surface area (Å²) < 4.78 is 40.4. The number of thiazole rings is 1. The Kier molecular flexibility index (Phi) is 4.24. The maximum absolute atomic E-state index is 13.0. The molecule has 3 aromatic rings. The molecule has 0 atom stereocenters. The van der Waals surface area contributed by atoms with E-state index in [0.29, 0.717) is 4.88 Å². The van der Waals surface area contributed by atoms with Gasteiger partial charge in [-0.1, -0.05) is 24.3 Å². The molecule has 0 fully saturated rings. The summed E-state index contributed by atoms with van der Waals surface area (Å²) in [6.07, 6.45) is -1.06. The Morgan fingerprint density at radius 3 is 2.67 bits per heavy atom. The van der Waals surface area contributed by atoms with Crippen LogP contribution in [0.5, 0.6) is 5.88 Å². The van der Waals surface area contributed by atoms with E-state index in [4.69, 9.17) is 12.2 Å². The first-order chi connectivity index (χ1) is 12.8. The first-order valence-corrected chi connectivity index (χ1v) is 9.05. The van der Waals surface area contributed by atoms with Gasteiger partial charge in [-0.25, -0.2) is 0 Å². The summed E-state index contributed by atoms with van der Waals surface area (Å²) in [5.41, 5.74) is 1.90. The summed E-state index contributed by atoms with van der Waals surface area (Å²) in [5.74, 6) is -0.199. The van der Waals surface area contributed by atoms with Gasteiger partial charge >= 0.3 is 6.18 Å². The highest BCUT2D eigenvalue weighted by Gasteiger charge is 2.30. The molecule has 0 spiro atoms. The zero-order valence-electron chi connectivity index (χ0n) is 13.6. The number of allylic oxidation sites excluding steroid dienone is 1. The average molecular weight is 404 g/mol. The predicted octanol–water partition coefficient (Wildman–Crippen LogP) is 6.25. The van der Waals surface area contributed by atoms with Gasteiger partial charge in [0.25, 0.3) is 0 Å². The zero-order chi connectivity index (χ0) is 19.2. The van der Waals surface area contributed by atoms with Crippen molar-refractivity contribution in [2.24, 2.45) is 4.99 Å². The molecule has 1 N–H and O–H groups in total. The molecule has 2 heterocycles. The van der Waals surface area contributed by atoms with Crippen LogP contribution in [0, 0.1) is 3.95 Å². The summed E-state index contributed by atoms with van der Waals surface area (Å²) in [5, 5.41) is 10.6.